The zero-order valence-electron chi connectivity index (χ0n) is 17.4. The zero-order chi connectivity index (χ0) is 20.4. The molecule has 0 saturated carbocycles. The summed E-state index contributed by atoms with van der Waals surface area (Å²) in [6.07, 6.45) is 1.88. The Balaban J connectivity index is 2.03. The molecule has 1 saturated heterocycles. The van der Waals surface area contributed by atoms with Crippen molar-refractivity contribution in [1.29, 1.82) is 0 Å². The Morgan fingerprint density at radius 2 is 1.89 bits per heavy atom. The molecule has 0 atom stereocenters. The number of carbonyl (C=O) groups excluding carboxylic acids is 1. The molecular formula is C19H34N4O3S. The summed E-state index contributed by atoms with van der Waals surface area (Å²) in [5.74, 6) is 0.270. The standard InChI is InChI=1S/C19H34N4O3S/c1-7-12-27(25,26)22-10-8-15(9-11-22)20-18(24)16-13-17(14(2)3)23(21-16)19(4,5)6/h13-15H,7-12H2,1-6H3,(H,20,24). The van der Waals surface area contributed by atoms with Gasteiger partial charge in [-0.15, -0.1) is 0 Å². The monoisotopic (exact) mass is 398 g/mol. The minimum Gasteiger partial charge on any atom is -0.348 e. The van der Waals surface area contributed by atoms with E-state index in [2.05, 4.69) is 45.0 Å². The molecule has 0 spiro atoms. The maximum atomic E-state index is 12.7. The van der Waals surface area contributed by atoms with Crippen molar-refractivity contribution in [3.05, 3.63) is 17.5 Å². The number of nitrogens with one attached hydrogen (secondary N) is 1. The van der Waals surface area contributed by atoms with E-state index < -0.39 is 10.0 Å². The highest BCUT2D eigenvalue weighted by Crippen LogP contribution is 2.24. The molecule has 1 aliphatic rings. The van der Waals surface area contributed by atoms with Crippen LogP contribution in [0.4, 0.5) is 0 Å². The molecule has 0 aromatic carbocycles. The third-order valence-electron chi connectivity index (χ3n) is 4.84. The Morgan fingerprint density at radius 1 is 1.30 bits per heavy atom. The number of hydrogen-bond donors (Lipinski definition) is 1. The lowest BCUT2D eigenvalue weighted by Gasteiger charge is -2.31. The van der Waals surface area contributed by atoms with Gasteiger partial charge in [0.2, 0.25) is 10.0 Å². The lowest BCUT2D eigenvalue weighted by Crippen LogP contribution is -2.47. The predicted octanol–water partition coefficient (Wildman–Crippen LogP) is 2.70. The summed E-state index contributed by atoms with van der Waals surface area (Å²) in [6.45, 7) is 13.2. The number of nitrogens with zero attached hydrogens (tertiary/aromatic N) is 3. The number of amides is 1. The second-order valence-corrected chi connectivity index (χ2v) is 10.7. The van der Waals surface area contributed by atoms with Gasteiger partial charge in [-0.1, -0.05) is 20.8 Å². The smallest absolute Gasteiger partial charge is 0.272 e. The number of piperidine rings is 1. The van der Waals surface area contributed by atoms with Crippen LogP contribution in [0, 0.1) is 0 Å². The average molecular weight is 399 g/mol. The first-order valence-electron chi connectivity index (χ1n) is 9.84. The van der Waals surface area contributed by atoms with Gasteiger partial charge in [-0.25, -0.2) is 12.7 Å². The van der Waals surface area contributed by atoms with E-state index in [4.69, 9.17) is 0 Å². The van der Waals surface area contributed by atoms with Crippen molar-refractivity contribution < 1.29 is 13.2 Å². The largest absolute Gasteiger partial charge is 0.348 e. The van der Waals surface area contributed by atoms with Crippen LogP contribution in [-0.2, 0) is 15.6 Å². The molecule has 1 aromatic rings. The molecule has 1 aliphatic heterocycles. The summed E-state index contributed by atoms with van der Waals surface area (Å²) in [5, 5.41) is 7.58. The third kappa shape index (κ3) is 5.31. The van der Waals surface area contributed by atoms with E-state index in [0.717, 1.165) is 5.69 Å². The van der Waals surface area contributed by atoms with Gasteiger partial charge in [0.25, 0.3) is 5.91 Å². The molecule has 1 N–H and O–H groups in total. The maximum Gasteiger partial charge on any atom is 0.272 e. The minimum absolute atomic E-state index is 0.0205. The van der Waals surface area contributed by atoms with Crippen molar-refractivity contribution in [2.75, 3.05) is 18.8 Å². The van der Waals surface area contributed by atoms with Gasteiger partial charge >= 0.3 is 0 Å². The average Bonchev–Trinajstić information content (AvgIpc) is 3.01. The second kappa shape index (κ2) is 8.31. The van der Waals surface area contributed by atoms with Crippen LogP contribution in [0.3, 0.4) is 0 Å². The molecule has 0 radical (unpaired) electrons. The molecule has 1 fully saturated rings. The molecule has 2 heterocycles. The Labute approximate surface area is 163 Å². The van der Waals surface area contributed by atoms with Crippen LogP contribution in [0.2, 0.25) is 0 Å². The summed E-state index contributed by atoms with van der Waals surface area (Å²) < 4.78 is 27.8. The highest BCUT2D eigenvalue weighted by atomic mass is 32.2. The van der Waals surface area contributed by atoms with Gasteiger partial charge < -0.3 is 5.32 Å². The summed E-state index contributed by atoms with van der Waals surface area (Å²) in [4.78, 5) is 12.7. The zero-order valence-corrected chi connectivity index (χ0v) is 18.3. The summed E-state index contributed by atoms with van der Waals surface area (Å²) >= 11 is 0. The van der Waals surface area contributed by atoms with Gasteiger partial charge in [-0.3, -0.25) is 9.48 Å². The topological polar surface area (TPSA) is 84.3 Å². The molecular weight excluding hydrogens is 364 g/mol. The lowest BCUT2D eigenvalue weighted by molar-refractivity contribution is 0.0917. The number of rotatable bonds is 6. The number of sulfonamides is 1. The Kier molecular flexibility index (Phi) is 6.73. The van der Waals surface area contributed by atoms with E-state index in [-0.39, 0.29) is 29.2 Å². The van der Waals surface area contributed by atoms with E-state index in [1.165, 1.54) is 0 Å². The SMILES string of the molecule is CCCS(=O)(=O)N1CCC(NC(=O)c2cc(C(C)C)n(C(C)(C)C)n2)CC1. The van der Waals surface area contributed by atoms with Crippen LogP contribution in [0.1, 0.15) is 82.9 Å². The van der Waals surface area contributed by atoms with Gasteiger partial charge in [0.1, 0.15) is 5.69 Å². The molecule has 8 heteroatoms. The van der Waals surface area contributed by atoms with Gasteiger partial charge in [-0.2, -0.15) is 5.10 Å². The number of hydrogen-bond acceptors (Lipinski definition) is 4. The van der Waals surface area contributed by atoms with Crippen LogP contribution in [-0.4, -0.2) is 53.3 Å². The highest BCUT2D eigenvalue weighted by Gasteiger charge is 2.29. The fourth-order valence-electron chi connectivity index (χ4n) is 3.38. The van der Waals surface area contributed by atoms with Crippen molar-refractivity contribution >= 4 is 15.9 Å². The van der Waals surface area contributed by atoms with Gasteiger partial charge in [0.05, 0.1) is 11.3 Å². The van der Waals surface area contributed by atoms with Gasteiger partial charge in [0.15, 0.2) is 0 Å². The molecule has 7 nitrogen and oxygen atoms in total. The predicted molar refractivity (Wildman–Crippen MR) is 107 cm³/mol. The van der Waals surface area contributed by atoms with Gasteiger partial charge in [-0.05, 0) is 52.0 Å². The molecule has 1 aromatic heterocycles. The van der Waals surface area contributed by atoms with Crippen LogP contribution < -0.4 is 5.32 Å². The van der Waals surface area contributed by atoms with Crippen molar-refractivity contribution in [1.82, 2.24) is 19.4 Å². The first-order valence-corrected chi connectivity index (χ1v) is 11.5. The molecule has 27 heavy (non-hydrogen) atoms. The van der Waals surface area contributed by atoms with E-state index in [9.17, 15) is 13.2 Å². The summed E-state index contributed by atoms with van der Waals surface area (Å²) in [7, 11) is -3.16. The van der Waals surface area contributed by atoms with Crippen molar-refractivity contribution in [3.8, 4) is 0 Å². The molecule has 2 rings (SSSR count). The number of aromatic nitrogens is 2. The van der Waals surface area contributed by atoms with E-state index in [1.807, 2.05) is 17.7 Å². The van der Waals surface area contributed by atoms with Crippen molar-refractivity contribution in [3.63, 3.8) is 0 Å². The van der Waals surface area contributed by atoms with Crippen LogP contribution in [0.25, 0.3) is 0 Å². The van der Waals surface area contributed by atoms with Crippen LogP contribution >= 0.6 is 0 Å². The fraction of sp³-hybridized carbons (Fsp3) is 0.789. The normalized spacial score (nSPS) is 17.4. The quantitative estimate of drug-likeness (QED) is 0.798. The van der Waals surface area contributed by atoms with E-state index in [1.54, 1.807) is 4.31 Å². The third-order valence-corrected chi connectivity index (χ3v) is 6.92. The van der Waals surface area contributed by atoms with E-state index >= 15 is 0 Å². The fourth-order valence-corrected chi connectivity index (χ4v) is 4.92. The van der Waals surface area contributed by atoms with E-state index in [0.29, 0.717) is 38.0 Å². The minimum atomic E-state index is -3.16. The Morgan fingerprint density at radius 3 is 2.33 bits per heavy atom. The molecule has 0 unspecified atom stereocenters. The molecule has 0 aliphatic carbocycles. The molecule has 154 valence electrons. The molecule has 0 bridgehead atoms. The van der Waals surface area contributed by atoms with Gasteiger partial charge in [0, 0.05) is 24.8 Å². The van der Waals surface area contributed by atoms with Crippen molar-refractivity contribution in [2.24, 2.45) is 0 Å². The van der Waals surface area contributed by atoms with Crippen LogP contribution in [0.15, 0.2) is 6.07 Å². The Hall–Kier alpha value is -1.41. The van der Waals surface area contributed by atoms with Crippen LogP contribution in [0.5, 0.6) is 0 Å². The first-order chi connectivity index (χ1) is 12.5. The molecule has 1 amide bonds. The summed E-state index contributed by atoms with van der Waals surface area (Å²) in [5.41, 5.74) is 1.26. The lowest BCUT2D eigenvalue weighted by atomic mass is 10.1. The maximum absolute atomic E-state index is 12.7. The highest BCUT2D eigenvalue weighted by molar-refractivity contribution is 7.89. The Bertz CT molecular complexity index is 754. The first kappa shape index (κ1) is 21.9. The van der Waals surface area contributed by atoms with Crippen molar-refractivity contribution in [2.45, 2.75) is 78.3 Å². The number of carbonyl (C=O) groups is 1. The second-order valence-electron chi connectivity index (χ2n) is 8.65. The summed E-state index contributed by atoms with van der Waals surface area (Å²) in [6, 6.07) is 1.85.